The van der Waals surface area contributed by atoms with Crippen LogP contribution in [0.1, 0.15) is 10.4 Å². The van der Waals surface area contributed by atoms with Crippen molar-refractivity contribution in [3.63, 3.8) is 0 Å². The quantitative estimate of drug-likeness (QED) is 0.797. The van der Waals surface area contributed by atoms with Crippen LogP contribution >= 0.6 is 0 Å². The van der Waals surface area contributed by atoms with Crippen LogP contribution in [0.2, 0.25) is 0 Å². The summed E-state index contributed by atoms with van der Waals surface area (Å²) in [7, 11) is 1.57. The van der Waals surface area contributed by atoms with Gasteiger partial charge in [0.2, 0.25) is 0 Å². The largest absolute Gasteiger partial charge is 0.497 e. The van der Waals surface area contributed by atoms with Crippen LogP contribution in [0.3, 0.4) is 0 Å². The van der Waals surface area contributed by atoms with Gasteiger partial charge in [0.15, 0.2) is 5.76 Å². The van der Waals surface area contributed by atoms with Crippen molar-refractivity contribution in [1.29, 1.82) is 0 Å². The Bertz CT molecular complexity index is 775. The first kappa shape index (κ1) is 13.0. The smallest absolute Gasteiger partial charge is 0.339 e. The number of carbonyl (C=O) groups is 1. The summed E-state index contributed by atoms with van der Waals surface area (Å²) < 4.78 is 11.9. The van der Waals surface area contributed by atoms with Crippen LogP contribution in [0.5, 0.6) is 5.75 Å². The minimum atomic E-state index is -1.06. The number of nitrogens with zero attached hydrogens (tertiary/aromatic N) is 2. The molecule has 0 spiro atoms. The zero-order chi connectivity index (χ0) is 14.8. The average molecular weight is 284 g/mol. The van der Waals surface area contributed by atoms with E-state index in [1.165, 1.54) is 17.1 Å². The van der Waals surface area contributed by atoms with Gasteiger partial charge in [0.05, 0.1) is 19.1 Å². The number of carboxylic acid groups (broad SMARTS) is 1. The number of hydrogen-bond donors (Lipinski definition) is 1. The van der Waals surface area contributed by atoms with Gasteiger partial charge >= 0.3 is 5.97 Å². The third kappa shape index (κ3) is 2.38. The average Bonchev–Trinajstić information content (AvgIpc) is 3.16. The molecule has 0 saturated carbocycles. The van der Waals surface area contributed by atoms with Gasteiger partial charge in [-0.05, 0) is 24.3 Å². The van der Waals surface area contributed by atoms with E-state index in [2.05, 4.69) is 5.10 Å². The zero-order valence-electron chi connectivity index (χ0n) is 11.2. The highest BCUT2D eigenvalue weighted by Crippen LogP contribution is 2.25. The summed E-state index contributed by atoms with van der Waals surface area (Å²) in [6.07, 6.45) is 2.93. The van der Waals surface area contributed by atoms with Gasteiger partial charge in [-0.15, -0.1) is 0 Å². The van der Waals surface area contributed by atoms with E-state index in [4.69, 9.17) is 9.15 Å². The first-order valence-corrected chi connectivity index (χ1v) is 6.20. The molecule has 21 heavy (non-hydrogen) atoms. The molecule has 1 N–H and O–H groups in total. The lowest BCUT2D eigenvalue weighted by atomic mass is 10.2. The maximum absolute atomic E-state index is 11.4. The maximum Gasteiger partial charge on any atom is 0.339 e. The van der Waals surface area contributed by atoms with Gasteiger partial charge in [-0.1, -0.05) is 6.07 Å². The summed E-state index contributed by atoms with van der Waals surface area (Å²) in [4.78, 5) is 11.4. The molecule has 6 nitrogen and oxygen atoms in total. The van der Waals surface area contributed by atoms with Crippen molar-refractivity contribution in [3.05, 3.63) is 54.4 Å². The van der Waals surface area contributed by atoms with Crippen LogP contribution in [0.25, 0.3) is 17.1 Å². The van der Waals surface area contributed by atoms with Crippen LogP contribution < -0.4 is 4.74 Å². The lowest BCUT2D eigenvalue weighted by Gasteiger charge is -2.03. The van der Waals surface area contributed by atoms with Crippen molar-refractivity contribution in [2.45, 2.75) is 0 Å². The second-order valence-corrected chi connectivity index (χ2v) is 4.32. The van der Waals surface area contributed by atoms with E-state index in [9.17, 15) is 9.90 Å². The molecule has 1 aromatic carbocycles. The Hall–Kier alpha value is -3.02. The fraction of sp³-hybridized carbons (Fsp3) is 0.0667. The molecule has 0 amide bonds. The van der Waals surface area contributed by atoms with Crippen molar-refractivity contribution in [2.24, 2.45) is 0 Å². The van der Waals surface area contributed by atoms with Crippen LogP contribution in [-0.2, 0) is 0 Å². The molecule has 0 radical (unpaired) electrons. The number of aromatic carboxylic acids is 1. The SMILES string of the molecule is COc1cccc(-n2cc(C(=O)O)c(-c3ccco3)n2)c1. The van der Waals surface area contributed by atoms with Gasteiger partial charge < -0.3 is 14.3 Å². The Morgan fingerprint density at radius 1 is 1.33 bits per heavy atom. The molecule has 6 heteroatoms. The molecule has 0 atom stereocenters. The van der Waals surface area contributed by atoms with Crippen LogP contribution in [0.15, 0.2) is 53.3 Å². The summed E-state index contributed by atoms with van der Waals surface area (Å²) in [5.74, 6) is 0.0176. The molecule has 106 valence electrons. The van der Waals surface area contributed by atoms with Crippen LogP contribution in [0, 0.1) is 0 Å². The van der Waals surface area contributed by atoms with Crippen molar-refractivity contribution < 1.29 is 19.1 Å². The molecule has 3 aromatic rings. The molecule has 0 aliphatic carbocycles. The molecule has 2 aromatic heterocycles. The number of rotatable bonds is 4. The van der Waals surface area contributed by atoms with Crippen LogP contribution in [-0.4, -0.2) is 28.0 Å². The van der Waals surface area contributed by atoms with E-state index in [1.807, 2.05) is 12.1 Å². The molecule has 0 fully saturated rings. The molecule has 3 rings (SSSR count). The molecule has 0 bridgehead atoms. The normalized spacial score (nSPS) is 10.5. The van der Waals surface area contributed by atoms with E-state index in [-0.39, 0.29) is 11.3 Å². The Morgan fingerprint density at radius 2 is 2.19 bits per heavy atom. The minimum absolute atomic E-state index is 0.0766. The van der Waals surface area contributed by atoms with Crippen LogP contribution in [0.4, 0.5) is 0 Å². The highest BCUT2D eigenvalue weighted by molar-refractivity contribution is 5.94. The summed E-state index contributed by atoms with van der Waals surface area (Å²) in [6.45, 7) is 0. The first-order valence-electron chi connectivity index (χ1n) is 6.20. The Labute approximate surface area is 120 Å². The second kappa shape index (κ2) is 5.16. The van der Waals surface area contributed by atoms with Crippen molar-refractivity contribution >= 4 is 5.97 Å². The number of methoxy groups -OCH3 is 1. The van der Waals surface area contributed by atoms with Gasteiger partial charge in [-0.25, -0.2) is 9.48 Å². The summed E-state index contributed by atoms with van der Waals surface area (Å²) in [6, 6.07) is 10.6. The number of furan rings is 1. The fourth-order valence-corrected chi connectivity index (χ4v) is 2.01. The predicted octanol–water partition coefficient (Wildman–Crippen LogP) is 2.84. The standard InChI is InChI=1S/C15H12N2O4/c1-20-11-5-2-4-10(8-11)17-9-12(15(18)19)14(16-17)13-6-3-7-21-13/h2-9H,1H3,(H,18,19). The van der Waals surface area contributed by atoms with Gasteiger partial charge in [0.25, 0.3) is 0 Å². The number of benzene rings is 1. The van der Waals surface area contributed by atoms with Crippen molar-refractivity contribution in [2.75, 3.05) is 7.11 Å². The number of ether oxygens (including phenoxy) is 1. The molecular formula is C15H12N2O4. The topological polar surface area (TPSA) is 77.5 Å². The van der Waals surface area contributed by atoms with Crippen molar-refractivity contribution in [1.82, 2.24) is 9.78 Å². The zero-order valence-corrected chi connectivity index (χ0v) is 11.2. The van der Waals surface area contributed by atoms with Gasteiger partial charge in [0, 0.05) is 12.3 Å². The lowest BCUT2D eigenvalue weighted by molar-refractivity contribution is 0.0697. The van der Waals surface area contributed by atoms with Crippen molar-refractivity contribution in [3.8, 4) is 22.9 Å². The third-order valence-corrected chi connectivity index (χ3v) is 3.02. The van der Waals surface area contributed by atoms with Gasteiger partial charge in [0.1, 0.15) is 17.0 Å². The van der Waals surface area contributed by atoms with E-state index < -0.39 is 5.97 Å². The summed E-state index contributed by atoms with van der Waals surface area (Å²) >= 11 is 0. The van der Waals surface area contributed by atoms with Gasteiger partial charge in [-0.2, -0.15) is 5.10 Å². The third-order valence-electron chi connectivity index (χ3n) is 3.02. The van der Waals surface area contributed by atoms with Gasteiger partial charge in [-0.3, -0.25) is 0 Å². The predicted molar refractivity (Wildman–Crippen MR) is 74.8 cm³/mol. The second-order valence-electron chi connectivity index (χ2n) is 4.32. The summed E-state index contributed by atoms with van der Waals surface area (Å²) in [5, 5.41) is 13.6. The maximum atomic E-state index is 11.4. The number of hydrogen-bond acceptors (Lipinski definition) is 4. The summed E-state index contributed by atoms with van der Waals surface area (Å²) in [5.41, 5.74) is 1.07. The Kier molecular flexibility index (Phi) is 3.19. The fourth-order valence-electron chi connectivity index (χ4n) is 2.01. The Morgan fingerprint density at radius 3 is 2.86 bits per heavy atom. The first-order chi connectivity index (χ1) is 10.2. The van der Waals surface area contributed by atoms with E-state index in [0.717, 1.165) is 0 Å². The molecule has 0 aliphatic rings. The highest BCUT2D eigenvalue weighted by atomic mass is 16.5. The number of carboxylic acids is 1. The molecule has 0 unspecified atom stereocenters. The van der Waals surface area contributed by atoms with E-state index in [0.29, 0.717) is 17.2 Å². The molecule has 2 heterocycles. The minimum Gasteiger partial charge on any atom is -0.497 e. The molecule has 0 aliphatic heterocycles. The highest BCUT2D eigenvalue weighted by Gasteiger charge is 2.19. The lowest BCUT2D eigenvalue weighted by Crippen LogP contribution is -1.96. The Balaban J connectivity index is 2.12. The molecule has 0 saturated heterocycles. The van der Waals surface area contributed by atoms with E-state index in [1.54, 1.807) is 31.4 Å². The van der Waals surface area contributed by atoms with E-state index >= 15 is 0 Å². The monoisotopic (exact) mass is 284 g/mol. The molecular weight excluding hydrogens is 272 g/mol. The number of aromatic nitrogens is 2.